The summed E-state index contributed by atoms with van der Waals surface area (Å²) < 4.78 is 0. The fourth-order valence-corrected chi connectivity index (χ4v) is 4.79. The molecule has 0 aromatic carbocycles. The highest BCUT2D eigenvalue weighted by Crippen LogP contribution is 2.32. The molecule has 6 nitrogen and oxygen atoms in total. The molecule has 3 aliphatic rings. The molecular weight excluding hydrogens is 453 g/mol. The van der Waals surface area contributed by atoms with Crippen LogP contribution in [0.4, 0.5) is 0 Å². The van der Waals surface area contributed by atoms with Crippen LogP contribution < -0.4 is 10.6 Å². The third kappa shape index (κ3) is 6.48. The van der Waals surface area contributed by atoms with E-state index in [1.807, 2.05) is 0 Å². The molecule has 2 aliphatic heterocycles. The first-order valence-corrected chi connectivity index (χ1v) is 10.5. The van der Waals surface area contributed by atoms with Gasteiger partial charge in [0.25, 0.3) is 0 Å². The molecule has 0 aromatic rings. The summed E-state index contributed by atoms with van der Waals surface area (Å²) in [7, 11) is 5.87. The second-order valence-electron chi connectivity index (χ2n) is 8.65. The third-order valence-electron chi connectivity index (χ3n) is 6.50. The van der Waals surface area contributed by atoms with Gasteiger partial charge in [0.15, 0.2) is 5.96 Å². The fourth-order valence-electron chi connectivity index (χ4n) is 4.79. The molecule has 2 bridgehead atoms. The molecule has 3 fully saturated rings. The van der Waals surface area contributed by atoms with Crippen molar-refractivity contribution in [1.29, 1.82) is 0 Å². The standard InChI is InChI=1S/C20H37N5O.HI/c1-24(2)19(26)14-21-20(22-15-8-5-4-6-9-15)23-16-12-17-10-7-11-18(13-16)25(17)3;/h15-18H,4-14H2,1-3H3,(H2,21,22,23);1H. The fraction of sp³-hybridized carbons (Fsp3) is 0.900. The van der Waals surface area contributed by atoms with Gasteiger partial charge in [0.05, 0.1) is 0 Å². The third-order valence-corrected chi connectivity index (χ3v) is 6.50. The minimum absolute atomic E-state index is 0. The Morgan fingerprint density at radius 2 is 1.56 bits per heavy atom. The van der Waals surface area contributed by atoms with Gasteiger partial charge in [0.2, 0.25) is 5.91 Å². The number of hydrogen-bond acceptors (Lipinski definition) is 3. The lowest BCUT2D eigenvalue weighted by molar-refractivity contribution is -0.127. The van der Waals surface area contributed by atoms with Gasteiger partial charge in [-0.05, 0) is 45.6 Å². The highest BCUT2D eigenvalue weighted by atomic mass is 127. The maximum absolute atomic E-state index is 12.0. The molecule has 0 radical (unpaired) electrons. The van der Waals surface area contributed by atoms with E-state index < -0.39 is 0 Å². The van der Waals surface area contributed by atoms with E-state index >= 15 is 0 Å². The average molecular weight is 491 g/mol. The number of likely N-dealkylation sites (N-methyl/N-ethyl adjacent to an activating group) is 1. The van der Waals surface area contributed by atoms with Crippen LogP contribution in [0.15, 0.2) is 4.99 Å². The summed E-state index contributed by atoms with van der Waals surface area (Å²) in [6.07, 6.45) is 12.7. The van der Waals surface area contributed by atoms with Crippen molar-refractivity contribution in [2.45, 2.75) is 88.4 Å². The van der Waals surface area contributed by atoms with Crippen LogP contribution in [-0.4, -0.2) is 73.5 Å². The van der Waals surface area contributed by atoms with Gasteiger partial charge in [-0.2, -0.15) is 0 Å². The largest absolute Gasteiger partial charge is 0.354 e. The van der Waals surface area contributed by atoms with Gasteiger partial charge in [-0.3, -0.25) is 4.79 Å². The number of aliphatic imine (C=N–C) groups is 1. The van der Waals surface area contributed by atoms with Crippen molar-refractivity contribution in [2.24, 2.45) is 4.99 Å². The molecule has 1 aliphatic carbocycles. The van der Waals surface area contributed by atoms with E-state index in [1.165, 1.54) is 64.2 Å². The number of nitrogens with one attached hydrogen (secondary N) is 2. The topological polar surface area (TPSA) is 60.0 Å². The molecule has 27 heavy (non-hydrogen) atoms. The molecule has 0 spiro atoms. The van der Waals surface area contributed by atoms with Gasteiger partial charge in [-0.25, -0.2) is 4.99 Å². The van der Waals surface area contributed by atoms with Gasteiger partial charge in [0, 0.05) is 38.3 Å². The van der Waals surface area contributed by atoms with E-state index in [0.717, 1.165) is 5.96 Å². The Morgan fingerprint density at radius 1 is 0.963 bits per heavy atom. The number of piperidine rings is 2. The molecule has 2 saturated heterocycles. The summed E-state index contributed by atoms with van der Waals surface area (Å²) in [6, 6.07) is 2.35. The SMILES string of the molecule is CN(C)C(=O)CN=C(NC1CCCCC1)NC1CC2CCCC(C1)N2C.I. The summed E-state index contributed by atoms with van der Waals surface area (Å²) in [5, 5.41) is 7.32. The van der Waals surface area contributed by atoms with Gasteiger partial charge >= 0.3 is 0 Å². The second kappa shape index (κ2) is 10.8. The lowest BCUT2D eigenvalue weighted by Crippen LogP contribution is -2.57. The maximum Gasteiger partial charge on any atom is 0.243 e. The number of fused-ring (bicyclic) bond motifs is 2. The van der Waals surface area contributed by atoms with Crippen molar-refractivity contribution in [3.05, 3.63) is 0 Å². The zero-order valence-electron chi connectivity index (χ0n) is 17.2. The predicted molar refractivity (Wildman–Crippen MR) is 122 cm³/mol. The molecule has 3 rings (SSSR count). The Labute approximate surface area is 181 Å². The normalized spacial score (nSPS) is 29.6. The zero-order valence-corrected chi connectivity index (χ0v) is 19.6. The Hall–Kier alpha value is -0.570. The molecule has 156 valence electrons. The number of rotatable bonds is 4. The molecule has 2 heterocycles. The average Bonchev–Trinajstić information content (AvgIpc) is 2.61. The molecule has 7 heteroatoms. The predicted octanol–water partition coefficient (Wildman–Crippen LogP) is 2.58. The van der Waals surface area contributed by atoms with Gasteiger partial charge < -0.3 is 20.4 Å². The highest BCUT2D eigenvalue weighted by molar-refractivity contribution is 14.0. The number of carbonyl (C=O) groups is 1. The molecule has 1 amide bonds. The first-order chi connectivity index (χ1) is 12.5. The smallest absolute Gasteiger partial charge is 0.243 e. The molecule has 0 aromatic heterocycles. The van der Waals surface area contributed by atoms with E-state index in [9.17, 15) is 4.79 Å². The molecule has 2 unspecified atom stereocenters. The lowest BCUT2D eigenvalue weighted by atomic mass is 9.82. The van der Waals surface area contributed by atoms with Crippen LogP contribution in [0.5, 0.6) is 0 Å². The zero-order chi connectivity index (χ0) is 18.5. The molecule has 1 saturated carbocycles. The number of amides is 1. The number of hydrogen-bond donors (Lipinski definition) is 2. The summed E-state index contributed by atoms with van der Waals surface area (Å²) >= 11 is 0. The highest BCUT2D eigenvalue weighted by Gasteiger charge is 2.36. The van der Waals surface area contributed by atoms with Crippen molar-refractivity contribution in [2.75, 3.05) is 27.7 Å². The Kier molecular flexibility index (Phi) is 9.11. The van der Waals surface area contributed by atoms with Crippen LogP contribution in [0, 0.1) is 0 Å². The van der Waals surface area contributed by atoms with Gasteiger partial charge in [0.1, 0.15) is 6.54 Å². The Morgan fingerprint density at radius 3 is 2.15 bits per heavy atom. The molecule has 2 N–H and O–H groups in total. The maximum atomic E-state index is 12.0. The van der Waals surface area contributed by atoms with Crippen LogP contribution in [0.1, 0.15) is 64.2 Å². The van der Waals surface area contributed by atoms with E-state index in [-0.39, 0.29) is 36.4 Å². The van der Waals surface area contributed by atoms with Crippen molar-refractivity contribution >= 4 is 35.8 Å². The Balaban J connectivity index is 0.00000261. The lowest BCUT2D eigenvalue weighted by Gasteiger charge is -2.47. The van der Waals surface area contributed by atoms with Gasteiger partial charge in [-0.15, -0.1) is 24.0 Å². The summed E-state index contributed by atoms with van der Waals surface area (Å²) in [5.41, 5.74) is 0. The summed E-state index contributed by atoms with van der Waals surface area (Å²) in [5.74, 6) is 0.898. The minimum Gasteiger partial charge on any atom is -0.354 e. The summed E-state index contributed by atoms with van der Waals surface area (Å²) in [4.78, 5) is 20.8. The van der Waals surface area contributed by atoms with E-state index in [4.69, 9.17) is 0 Å². The van der Waals surface area contributed by atoms with Crippen LogP contribution in [0.3, 0.4) is 0 Å². The van der Waals surface area contributed by atoms with E-state index in [2.05, 4.69) is 27.6 Å². The van der Waals surface area contributed by atoms with Crippen LogP contribution in [0.25, 0.3) is 0 Å². The van der Waals surface area contributed by atoms with Crippen molar-refractivity contribution in [3.8, 4) is 0 Å². The molecular formula is C20H38IN5O. The van der Waals surface area contributed by atoms with Crippen LogP contribution in [0.2, 0.25) is 0 Å². The Bertz CT molecular complexity index is 493. The van der Waals surface area contributed by atoms with Crippen molar-refractivity contribution < 1.29 is 4.79 Å². The van der Waals surface area contributed by atoms with E-state index in [1.54, 1.807) is 19.0 Å². The van der Waals surface area contributed by atoms with Crippen molar-refractivity contribution in [3.63, 3.8) is 0 Å². The first kappa shape index (κ1) is 22.7. The molecule has 2 atom stereocenters. The number of guanidine groups is 1. The monoisotopic (exact) mass is 491 g/mol. The van der Waals surface area contributed by atoms with Crippen LogP contribution >= 0.6 is 24.0 Å². The summed E-state index contributed by atoms with van der Waals surface area (Å²) in [6.45, 7) is 0.217. The van der Waals surface area contributed by atoms with E-state index in [0.29, 0.717) is 24.2 Å². The number of nitrogens with zero attached hydrogens (tertiary/aromatic N) is 3. The minimum atomic E-state index is 0. The quantitative estimate of drug-likeness (QED) is 0.361. The number of halogens is 1. The first-order valence-electron chi connectivity index (χ1n) is 10.5. The van der Waals surface area contributed by atoms with Gasteiger partial charge in [-0.1, -0.05) is 25.7 Å². The van der Waals surface area contributed by atoms with Crippen LogP contribution in [-0.2, 0) is 4.79 Å². The number of carbonyl (C=O) groups excluding carboxylic acids is 1. The van der Waals surface area contributed by atoms with Crippen molar-refractivity contribution in [1.82, 2.24) is 20.4 Å². The second-order valence-corrected chi connectivity index (χ2v) is 8.65.